The van der Waals surface area contributed by atoms with Crippen LogP contribution < -0.4 is 24.8 Å². The van der Waals surface area contributed by atoms with Gasteiger partial charge >= 0.3 is 6.36 Å². The van der Waals surface area contributed by atoms with Crippen molar-refractivity contribution in [3.05, 3.63) is 158 Å². The zero-order valence-electron chi connectivity index (χ0n) is 37.6. The summed E-state index contributed by atoms with van der Waals surface area (Å²) in [6.07, 6.45) is -0.734. The highest BCUT2D eigenvalue weighted by atomic mass is 35.5. The van der Waals surface area contributed by atoms with Gasteiger partial charge in [-0.1, -0.05) is 89.4 Å². The molecule has 0 spiro atoms. The Labute approximate surface area is 415 Å². The third-order valence-corrected chi connectivity index (χ3v) is 14.7. The Morgan fingerprint density at radius 3 is 2.22 bits per heavy atom. The van der Waals surface area contributed by atoms with Gasteiger partial charge in [-0.2, -0.15) is 0 Å². The number of benzene rings is 5. The van der Waals surface area contributed by atoms with Crippen LogP contribution in [0.3, 0.4) is 0 Å². The quantitative estimate of drug-likeness (QED) is 0.0826. The highest BCUT2D eigenvalue weighted by Crippen LogP contribution is 2.38. The maximum atomic E-state index is 13.0. The monoisotopic (exact) mass is 1010 g/mol. The van der Waals surface area contributed by atoms with Crippen molar-refractivity contribution in [2.75, 3.05) is 46.4 Å². The van der Waals surface area contributed by atoms with Gasteiger partial charge in [0.25, 0.3) is 0 Å². The summed E-state index contributed by atoms with van der Waals surface area (Å²) >= 11 is 25.4. The molecule has 9 nitrogen and oxygen atoms in total. The van der Waals surface area contributed by atoms with Crippen molar-refractivity contribution in [1.82, 2.24) is 29.9 Å². The van der Waals surface area contributed by atoms with E-state index < -0.39 is 6.36 Å². The minimum atomic E-state index is -4.76. The molecular weight excluding hydrogens is 955 g/mol. The van der Waals surface area contributed by atoms with E-state index in [-0.39, 0.29) is 11.8 Å². The number of rotatable bonds is 18. The van der Waals surface area contributed by atoms with E-state index in [1.165, 1.54) is 17.7 Å². The fourth-order valence-corrected chi connectivity index (χ4v) is 10.7. The lowest BCUT2D eigenvalue weighted by Gasteiger charge is -2.35. The second kappa shape index (κ2) is 21.2. The fraction of sp³-hybridized carbons (Fsp3) is 0.346. The fourth-order valence-electron chi connectivity index (χ4n) is 9.82. The van der Waals surface area contributed by atoms with Crippen LogP contribution in [-0.2, 0) is 32.8 Å². The van der Waals surface area contributed by atoms with Crippen molar-refractivity contribution in [2.45, 2.75) is 70.1 Å². The Morgan fingerprint density at radius 2 is 1.50 bits per heavy atom. The molecule has 3 aliphatic rings. The first-order valence-corrected chi connectivity index (χ1v) is 24.3. The average molecular weight is 1010 g/mol. The number of piperazine rings is 2. The zero-order valence-corrected chi connectivity index (χ0v) is 40.6. The lowest BCUT2D eigenvalue weighted by molar-refractivity contribution is -0.274. The van der Waals surface area contributed by atoms with Crippen LogP contribution >= 0.6 is 46.4 Å². The van der Waals surface area contributed by atoms with Gasteiger partial charge in [-0.3, -0.25) is 14.7 Å². The highest BCUT2D eigenvalue weighted by Gasteiger charge is 2.43. The molecule has 0 saturated carbocycles. The number of alkyl halides is 3. The molecule has 3 atom stereocenters. The predicted octanol–water partition coefficient (Wildman–Crippen LogP) is 11.8. The van der Waals surface area contributed by atoms with Crippen molar-refractivity contribution >= 4 is 57.3 Å². The van der Waals surface area contributed by atoms with Crippen molar-refractivity contribution in [3.63, 3.8) is 0 Å². The average Bonchev–Trinajstić information content (AvgIpc) is 4.02. The smallest absolute Gasteiger partial charge is 0.493 e. The van der Waals surface area contributed by atoms with E-state index in [9.17, 15) is 13.2 Å². The number of methoxy groups -OCH3 is 1. The number of halogens is 7. The largest absolute Gasteiger partial charge is 0.573 e. The molecule has 16 heteroatoms. The van der Waals surface area contributed by atoms with E-state index in [2.05, 4.69) is 71.7 Å². The summed E-state index contributed by atoms with van der Waals surface area (Å²) in [4.78, 5) is 7.46. The number of aryl methyl sites for hydroxylation is 1. The molecule has 2 bridgehead atoms. The third-order valence-electron chi connectivity index (χ3n) is 13.2. The van der Waals surface area contributed by atoms with E-state index in [1.807, 2.05) is 36.4 Å². The molecule has 0 amide bonds. The molecule has 68 heavy (non-hydrogen) atoms. The van der Waals surface area contributed by atoms with Crippen LogP contribution in [0, 0.1) is 0 Å². The summed E-state index contributed by atoms with van der Waals surface area (Å²) in [6.45, 7) is 12.8. The first kappa shape index (κ1) is 48.4. The SMILES string of the molecule is C=C(NCCCn1cc(-c2ccc(OC(F)(F)F)cc2)c2cc(CN3CC4CC3CN4Cc3c(Cl)cccc3Cl)ccc21)C1CN(Cc2ccc(OC)c(OCc3ccc(Cl)c(Cl)c3)c2)CCN1. The number of aromatic nitrogens is 1. The van der Waals surface area contributed by atoms with Crippen molar-refractivity contribution in [1.29, 1.82) is 0 Å². The highest BCUT2D eigenvalue weighted by molar-refractivity contribution is 6.42. The summed E-state index contributed by atoms with van der Waals surface area (Å²) in [5.74, 6) is 1.06. The molecular formula is C52H53Cl4F3N6O3. The van der Waals surface area contributed by atoms with E-state index in [0.29, 0.717) is 56.8 Å². The molecule has 2 N–H and O–H groups in total. The van der Waals surface area contributed by atoms with Gasteiger partial charge in [0.1, 0.15) is 12.4 Å². The maximum absolute atomic E-state index is 13.0. The number of hydrogen-bond acceptors (Lipinski definition) is 8. The summed E-state index contributed by atoms with van der Waals surface area (Å²) in [5, 5.41) is 10.6. The molecule has 3 saturated heterocycles. The number of fused-ring (bicyclic) bond motifs is 3. The molecule has 6 aromatic rings. The van der Waals surface area contributed by atoms with Crippen molar-refractivity contribution in [3.8, 4) is 28.4 Å². The van der Waals surface area contributed by atoms with Crippen LogP contribution in [0.5, 0.6) is 17.2 Å². The summed E-state index contributed by atoms with van der Waals surface area (Å²) in [5.41, 5.74) is 7.95. The van der Waals surface area contributed by atoms with Crippen LogP contribution in [0.4, 0.5) is 13.2 Å². The molecule has 0 aliphatic carbocycles. The summed E-state index contributed by atoms with van der Waals surface area (Å²) in [6, 6.07) is 30.8. The van der Waals surface area contributed by atoms with Crippen LogP contribution in [0.2, 0.25) is 20.1 Å². The number of ether oxygens (including phenoxy) is 3. The van der Waals surface area contributed by atoms with Gasteiger partial charge < -0.3 is 29.4 Å². The Hall–Kier alpha value is -4.63. The Bertz CT molecular complexity index is 2730. The number of hydrogen-bond donors (Lipinski definition) is 2. The summed E-state index contributed by atoms with van der Waals surface area (Å²) < 4.78 is 57.3. The number of likely N-dealkylation sites (tertiary alicyclic amines) is 2. The Morgan fingerprint density at radius 1 is 0.779 bits per heavy atom. The number of nitrogens with zero attached hydrogens (tertiary/aromatic N) is 4. The lowest BCUT2D eigenvalue weighted by atomic mass is 10.0. The summed E-state index contributed by atoms with van der Waals surface area (Å²) in [7, 11) is 1.63. The normalized spacial score (nSPS) is 18.9. The zero-order chi connectivity index (χ0) is 47.5. The van der Waals surface area contributed by atoms with Gasteiger partial charge in [0.05, 0.1) is 23.2 Å². The Kier molecular flexibility index (Phi) is 15.1. The van der Waals surface area contributed by atoms with Crippen LogP contribution in [0.15, 0.2) is 116 Å². The molecule has 5 aromatic carbocycles. The van der Waals surface area contributed by atoms with Crippen molar-refractivity contribution < 1.29 is 27.4 Å². The topological polar surface area (TPSA) is 66.4 Å². The molecule has 4 heterocycles. The third kappa shape index (κ3) is 11.5. The standard InChI is InChI=1S/C52H53Cl4F3N6O3/c1-33(48-31-62(20-18-61-48)25-35-9-16-50(66-2)51(23-35)67-32-36-7-14-46(55)47(56)22-36)60-17-4-19-63-29-42(37-10-12-40(13-11-37)68-52(57,58)59)41-21-34(8-15-49(41)63)26-64-27-39-24-38(64)28-65(39)30-43-44(53)5-3-6-45(43)54/h3,5-16,21-23,29,38-39,48,60-61H,1,4,17-20,24-28,30-32H2,2H3. The van der Waals surface area contributed by atoms with Gasteiger partial charge in [-0.25, -0.2) is 0 Å². The van der Waals surface area contributed by atoms with Gasteiger partial charge in [0, 0.05) is 122 Å². The van der Waals surface area contributed by atoms with Crippen LogP contribution in [0.25, 0.3) is 22.0 Å². The van der Waals surface area contributed by atoms with Gasteiger partial charge in [-0.15, -0.1) is 13.2 Å². The van der Waals surface area contributed by atoms with Crippen molar-refractivity contribution in [2.24, 2.45) is 0 Å². The van der Waals surface area contributed by atoms with E-state index in [1.54, 1.807) is 31.4 Å². The first-order valence-electron chi connectivity index (χ1n) is 22.8. The van der Waals surface area contributed by atoms with Crippen LogP contribution in [-0.4, -0.2) is 90.1 Å². The molecule has 9 rings (SSSR count). The minimum Gasteiger partial charge on any atom is -0.493 e. The molecule has 0 radical (unpaired) electrons. The van der Waals surface area contributed by atoms with Gasteiger partial charge in [-0.05, 0) is 95.8 Å². The molecule has 3 unspecified atom stereocenters. The minimum absolute atomic E-state index is 0.0591. The predicted molar refractivity (Wildman–Crippen MR) is 266 cm³/mol. The lowest BCUT2D eigenvalue weighted by Crippen LogP contribution is -2.52. The maximum Gasteiger partial charge on any atom is 0.573 e. The van der Waals surface area contributed by atoms with Gasteiger partial charge in [0.15, 0.2) is 11.5 Å². The van der Waals surface area contributed by atoms with Gasteiger partial charge in [0.2, 0.25) is 0 Å². The van der Waals surface area contributed by atoms with E-state index in [4.69, 9.17) is 55.9 Å². The van der Waals surface area contributed by atoms with E-state index >= 15 is 0 Å². The molecule has 3 fully saturated rings. The Balaban J connectivity index is 0.821. The number of nitrogens with one attached hydrogen (secondary N) is 2. The second-order valence-electron chi connectivity index (χ2n) is 17.8. The van der Waals surface area contributed by atoms with E-state index in [0.717, 1.165) is 116 Å². The molecule has 358 valence electrons. The van der Waals surface area contributed by atoms with Crippen LogP contribution in [0.1, 0.15) is 35.1 Å². The molecule has 3 aliphatic heterocycles. The first-order chi connectivity index (χ1) is 32.8. The molecule has 1 aromatic heterocycles. The second-order valence-corrected chi connectivity index (χ2v) is 19.5.